The molecule has 14 heteroatoms. The van der Waals surface area contributed by atoms with E-state index in [1.807, 2.05) is 51.1 Å². The Morgan fingerprint density at radius 2 is 1.81 bits per heavy atom. The zero-order valence-electron chi connectivity index (χ0n) is 32.4. The van der Waals surface area contributed by atoms with E-state index in [1.54, 1.807) is 28.1 Å². The number of hydrogen-bond donors (Lipinski definition) is 4. The maximum Gasteiger partial charge on any atom is 0.407 e. The number of nitrogens with zero attached hydrogens (tertiary/aromatic N) is 4. The van der Waals surface area contributed by atoms with Crippen LogP contribution in [0.15, 0.2) is 79.0 Å². The Morgan fingerprint density at radius 1 is 0.982 bits per heavy atom. The van der Waals surface area contributed by atoms with Gasteiger partial charge in [0.15, 0.2) is 0 Å². The molecule has 294 valence electrons. The van der Waals surface area contributed by atoms with Gasteiger partial charge in [-0.15, -0.1) is 0 Å². The zero-order valence-corrected chi connectivity index (χ0v) is 32.4. The van der Waals surface area contributed by atoms with Gasteiger partial charge in [-0.25, -0.2) is 14.8 Å². The van der Waals surface area contributed by atoms with Crippen molar-refractivity contribution in [2.45, 2.75) is 65.4 Å². The van der Waals surface area contributed by atoms with Crippen molar-refractivity contribution in [1.82, 2.24) is 40.4 Å². The maximum absolute atomic E-state index is 14.0. The Labute approximate surface area is 330 Å². The van der Waals surface area contributed by atoms with Crippen molar-refractivity contribution in [2.24, 2.45) is 0 Å². The van der Waals surface area contributed by atoms with E-state index in [0.717, 1.165) is 61.9 Å². The van der Waals surface area contributed by atoms with Gasteiger partial charge in [-0.1, -0.05) is 62.4 Å². The third kappa shape index (κ3) is 8.15. The van der Waals surface area contributed by atoms with E-state index in [4.69, 9.17) is 14.5 Å². The topological polar surface area (TPSA) is 175 Å². The van der Waals surface area contributed by atoms with Crippen LogP contribution in [0.3, 0.4) is 0 Å². The van der Waals surface area contributed by atoms with Crippen LogP contribution in [0.25, 0.3) is 44.2 Å². The first-order valence-electron chi connectivity index (χ1n) is 19.1. The highest BCUT2D eigenvalue weighted by Gasteiger charge is 2.29. The first kappa shape index (κ1) is 38.6. The van der Waals surface area contributed by atoms with Crippen molar-refractivity contribution >= 4 is 46.1 Å². The van der Waals surface area contributed by atoms with E-state index in [-0.39, 0.29) is 30.9 Å². The second-order valence-electron chi connectivity index (χ2n) is 14.1. The lowest BCUT2D eigenvalue weighted by atomic mass is 9.92. The highest BCUT2D eigenvalue weighted by molar-refractivity contribution is 6.07. The van der Waals surface area contributed by atoms with E-state index in [1.165, 1.54) is 7.11 Å². The van der Waals surface area contributed by atoms with Gasteiger partial charge in [-0.3, -0.25) is 14.4 Å². The smallest absolute Gasteiger partial charge is 0.407 e. The van der Waals surface area contributed by atoms with Crippen LogP contribution in [-0.4, -0.2) is 80.3 Å². The molecule has 1 aliphatic rings. The summed E-state index contributed by atoms with van der Waals surface area (Å²) in [6.07, 6.45) is 3.09. The average molecular weight is 771 g/mol. The van der Waals surface area contributed by atoms with E-state index in [0.29, 0.717) is 49.7 Å². The van der Waals surface area contributed by atoms with Gasteiger partial charge in [0.05, 0.1) is 49.7 Å². The molecule has 1 aliphatic heterocycles. The number of carbonyl (C=O) groups excluding carboxylic acids is 4. The number of benzene rings is 4. The number of ether oxygens (including phenoxy) is 2. The summed E-state index contributed by atoms with van der Waals surface area (Å²) in [7, 11) is 1.27. The Hall–Kier alpha value is -6.70. The number of rotatable bonds is 15. The van der Waals surface area contributed by atoms with Crippen LogP contribution in [0.5, 0.6) is 5.75 Å². The molecule has 14 nitrogen and oxygen atoms in total. The molecule has 1 unspecified atom stereocenters. The minimum atomic E-state index is -0.921. The first-order chi connectivity index (χ1) is 27.7. The lowest BCUT2D eigenvalue weighted by Crippen LogP contribution is -2.43. The van der Waals surface area contributed by atoms with Crippen molar-refractivity contribution in [3.8, 4) is 28.1 Å². The van der Waals surface area contributed by atoms with Gasteiger partial charge in [0.1, 0.15) is 30.0 Å². The maximum atomic E-state index is 14.0. The molecule has 6 aromatic rings. The monoisotopic (exact) mass is 770 g/mol. The molecular formula is C43H46N8O6. The molecule has 4 amide bonds. The number of carbonyl (C=O) groups is 4. The van der Waals surface area contributed by atoms with Gasteiger partial charge in [0.25, 0.3) is 0 Å². The second kappa shape index (κ2) is 17.0. The van der Waals surface area contributed by atoms with Crippen LogP contribution in [0.2, 0.25) is 0 Å². The summed E-state index contributed by atoms with van der Waals surface area (Å²) >= 11 is 0. The lowest BCUT2D eigenvalue weighted by Gasteiger charge is -2.27. The molecule has 2 aromatic heterocycles. The Bertz CT molecular complexity index is 2430. The number of amides is 4. The number of fused-ring (bicyclic) bond motifs is 6. The largest absolute Gasteiger partial charge is 0.488 e. The third-order valence-corrected chi connectivity index (χ3v) is 10.4. The summed E-state index contributed by atoms with van der Waals surface area (Å²) in [6.45, 7) is 7.28. The van der Waals surface area contributed by atoms with Crippen LogP contribution in [-0.2, 0) is 38.8 Å². The molecule has 7 rings (SSSR count). The molecule has 0 saturated heterocycles. The van der Waals surface area contributed by atoms with Gasteiger partial charge in [0.2, 0.25) is 18.2 Å². The fourth-order valence-corrected chi connectivity index (χ4v) is 7.28. The quantitative estimate of drug-likeness (QED) is 0.0872. The van der Waals surface area contributed by atoms with Gasteiger partial charge >= 0.3 is 6.09 Å². The lowest BCUT2D eigenvalue weighted by molar-refractivity contribution is -0.134. The predicted octanol–water partition coefficient (Wildman–Crippen LogP) is 6.37. The molecule has 4 N–H and O–H groups in total. The number of methoxy groups -OCH3 is 1. The zero-order chi connectivity index (χ0) is 40.1. The van der Waals surface area contributed by atoms with Crippen molar-refractivity contribution in [3.63, 3.8) is 0 Å². The number of hydrogen-bond acceptors (Lipinski definition) is 8. The fourth-order valence-electron chi connectivity index (χ4n) is 7.28. The van der Waals surface area contributed by atoms with Crippen molar-refractivity contribution in [2.75, 3.05) is 20.2 Å². The van der Waals surface area contributed by atoms with E-state index in [9.17, 15) is 19.2 Å². The molecule has 0 spiro atoms. The van der Waals surface area contributed by atoms with E-state index in [2.05, 4.69) is 55.9 Å². The van der Waals surface area contributed by atoms with Crippen molar-refractivity contribution in [1.29, 1.82) is 0 Å². The molecule has 4 aromatic carbocycles. The third-order valence-electron chi connectivity index (χ3n) is 10.4. The highest BCUT2D eigenvalue weighted by atomic mass is 16.5. The summed E-state index contributed by atoms with van der Waals surface area (Å²) in [5, 5.41) is 7.08. The minimum Gasteiger partial charge on any atom is -0.488 e. The van der Waals surface area contributed by atoms with Crippen LogP contribution < -0.4 is 15.4 Å². The number of H-pyrrole nitrogens is 2. The van der Waals surface area contributed by atoms with Gasteiger partial charge in [-0.05, 0) is 71.7 Å². The normalized spacial score (nSPS) is 12.8. The summed E-state index contributed by atoms with van der Waals surface area (Å²) in [5.74, 6) is 1.59. The van der Waals surface area contributed by atoms with Crippen LogP contribution in [0, 0.1) is 0 Å². The van der Waals surface area contributed by atoms with Crippen LogP contribution in [0.1, 0.15) is 62.4 Å². The van der Waals surface area contributed by atoms with Crippen molar-refractivity contribution < 1.29 is 28.7 Å². The molecule has 0 aliphatic carbocycles. The summed E-state index contributed by atoms with van der Waals surface area (Å²) in [5.41, 5.74) is 7.12. The fraction of sp³-hybridized carbons (Fsp3) is 0.302. The second-order valence-corrected chi connectivity index (χ2v) is 14.1. The average Bonchev–Trinajstić information content (AvgIpc) is 3.89. The molecule has 0 fully saturated rings. The van der Waals surface area contributed by atoms with E-state index < -0.39 is 12.1 Å². The highest BCUT2D eigenvalue weighted by Crippen LogP contribution is 2.42. The molecule has 2 atom stereocenters. The Morgan fingerprint density at radius 3 is 2.56 bits per heavy atom. The molecule has 57 heavy (non-hydrogen) atoms. The minimum absolute atomic E-state index is 0.0222. The van der Waals surface area contributed by atoms with Crippen LogP contribution >= 0.6 is 0 Å². The van der Waals surface area contributed by atoms with Gasteiger partial charge in [0, 0.05) is 23.5 Å². The first-order valence-corrected chi connectivity index (χ1v) is 19.1. The Balaban J connectivity index is 1.13. The number of nitrogens with one attached hydrogen (secondary N) is 4. The van der Waals surface area contributed by atoms with Crippen molar-refractivity contribution in [3.05, 3.63) is 102 Å². The molecular weight excluding hydrogens is 725 g/mol. The molecule has 0 bridgehead atoms. The number of imidazole rings is 2. The number of alkyl carbamates (subject to hydrolysis) is 1. The summed E-state index contributed by atoms with van der Waals surface area (Å²) in [4.78, 5) is 69.6. The molecule has 3 heterocycles. The number of aromatic nitrogens is 4. The van der Waals surface area contributed by atoms with Crippen LogP contribution in [0.4, 0.5) is 4.79 Å². The number of aromatic amines is 2. The SMILES string of the molecule is CCCN(Cc1nc2c(ccc3cc4c(cc32)OCc2cc(-c3cnc(CN(C(=O)CNC=O)[C@@H](C)CC)[nH]3)ccc2-4)[nH]1)C(=O)C(NC(=O)OC)c1ccccc1. The van der Waals surface area contributed by atoms with Gasteiger partial charge < -0.3 is 39.9 Å². The summed E-state index contributed by atoms with van der Waals surface area (Å²) in [6, 6.07) is 22.6. The van der Waals surface area contributed by atoms with Gasteiger partial charge in [-0.2, -0.15) is 0 Å². The molecule has 0 saturated carbocycles. The Kier molecular flexibility index (Phi) is 11.5. The standard InChI is InChI=1S/C43H46N8O6/c1-5-16-50(42(54)40(49-43(55)56-4)27-10-8-7-9-11-27)22-38-46-34-15-13-28-18-33-31-14-12-29(17-30(31)24-57-36(33)19-32(28)41(34)48-38)35-20-45-37(47-35)23-51(26(3)6-2)39(53)21-44-25-52/h7-15,17-20,25-26,40H,5-6,16,21-24H2,1-4H3,(H,44,52)(H,45,47)(H,46,48)(H,49,55)/t26-,40?/m0/s1. The predicted molar refractivity (Wildman–Crippen MR) is 216 cm³/mol. The molecule has 0 radical (unpaired) electrons. The summed E-state index contributed by atoms with van der Waals surface area (Å²) < 4.78 is 11.2. The van der Waals surface area contributed by atoms with E-state index >= 15 is 0 Å².